The maximum atomic E-state index is 11.3. The molecule has 0 aromatic carbocycles. The Hall–Kier alpha value is -1.95. The number of nitrogens with zero attached hydrogens (tertiary/aromatic N) is 2. The lowest BCUT2D eigenvalue weighted by molar-refractivity contribution is -0.111. The van der Waals surface area contributed by atoms with Crippen LogP contribution in [0, 0.1) is 17.2 Å². The van der Waals surface area contributed by atoms with Crippen LogP contribution in [0.2, 0.25) is 0 Å². The normalized spacial score (nSPS) is 24.5. The molecule has 0 saturated heterocycles. The highest BCUT2D eigenvalue weighted by atomic mass is 16.1. The summed E-state index contributed by atoms with van der Waals surface area (Å²) < 4.78 is 0. The van der Waals surface area contributed by atoms with Crippen molar-refractivity contribution >= 4 is 11.5 Å². The van der Waals surface area contributed by atoms with Crippen LogP contribution in [-0.2, 0) is 4.79 Å². The fourth-order valence-electron chi connectivity index (χ4n) is 1.28. The van der Waals surface area contributed by atoms with Crippen LogP contribution in [0.5, 0.6) is 0 Å². The van der Waals surface area contributed by atoms with Gasteiger partial charge in [0.05, 0.1) is 17.7 Å². The SMILES string of the molecule is N#C[C@H]1C=CC2=NC=CC(=O)C2=C1. The van der Waals surface area contributed by atoms with Gasteiger partial charge in [-0.1, -0.05) is 12.2 Å². The van der Waals surface area contributed by atoms with Gasteiger partial charge in [0, 0.05) is 17.8 Å². The fourth-order valence-corrected chi connectivity index (χ4v) is 1.28. The van der Waals surface area contributed by atoms with Gasteiger partial charge in [0.15, 0.2) is 5.78 Å². The van der Waals surface area contributed by atoms with Crippen molar-refractivity contribution in [2.45, 2.75) is 0 Å². The molecule has 1 heterocycles. The van der Waals surface area contributed by atoms with Gasteiger partial charge >= 0.3 is 0 Å². The zero-order chi connectivity index (χ0) is 9.26. The zero-order valence-electron chi connectivity index (χ0n) is 6.77. The molecule has 3 heteroatoms. The molecule has 0 bridgehead atoms. The van der Waals surface area contributed by atoms with E-state index in [1.165, 1.54) is 12.3 Å². The van der Waals surface area contributed by atoms with Gasteiger partial charge in [-0.25, -0.2) is 0 Å². The lowest BCUT2D eigenvalue weighted by atomic mass is 9.93. The highest BCUT2D eigenvalue weighted by Gasteiger charge is 2.19. The molecule has 0 unspecified atom stereocenters. The first-order chi connectivity index (χ1) is 6.31. The summed E-state index contributed by atoms with van der Waals surface area (Å²) in [6.07, 6.45) is 7.97. The van der Waals surface area contributed by atoms with Gasteiger partial charge in [-0.3, -0.25) is 9.79 Å². The van der Waals surface area contributed by atoms with Crippen molar-refractivity contribution in [3.05, 3.63) is 36.1 Å². The number of carbonyl (C=O) groups is 1. The molecule has 0 spiro atoms. The molecule has 1 aliphatic carbocycles. The summed E-state index contributed by atoms with van der Waals surface area (Å²) in [5, 5.41) is 8.65. The molecule has 1 atom stereocenters. The average molecular weight is 170 g/mol. The van der Waals surface area contributed by atoms with Crippen molar-refractivity contribution in [1.29, 1.82) is 5.26 Å². The van der Waals surface area contributed by atoms with Crippen LogP contribution in [0.25, 0.3) is 0 Å². The van der Waals surface area contributed by atoms with Crippen LogP contribution in [0.3, 0.4) is 0 Å². The predicted octanol–water partition coefficient (Wildman–Crippen LogP) is 1.16. The van der Waals surface area contributed by atoms with Crippen molar-refractivity contribution in [2.75, 3.05) is 0 Å². The van der Waals surface area contributed by atoms with E-state index in [1.54, 1.807) is 18.2 Å². The largest absolute Gasteiger partial charge is 0.289 e. The van der Waals surface area contributed by atoms with Crippen LogP contribution < -0.4 is 0 Å². The van der Waals surface area contributed by atoms with Crippen molar-refractivity contribution in [1.82, 2.24) is 0 Å². The van der Waals surface area contributed by atoms with Gasteiger partial charge in [-0.05, 0) is 6.08 Å². The Balaban J connectivity index is 2.45. The molecule has 0 fully saturated rings. The lowest BCUT2D eigenvalue weighted by Gasteiger charge is -2.12. The minimum atomic E-state index is -0.301. The topological polar surface area (TPSA) is 53.2 Å². The molecular formula is C10H6N2O. The molecule has 0 aromatic rings. The first-order valence-electron chi connectivity index (χ1n) is 3.90. The Labute approximate surface area is 75.4 Å². The van der Waals surface area contributed by atoms with E-state index in [0.717, 1.165) is 0 Å². The van der Waals surface area contributed by atoms with Crippen molar-refractivity contribution < 1.29 is 4.79 Å². The Morgan fingerprint density at radius 3 is 3.08 bits per heavy atom. The van der Waals surface area contributed by atoms with Gasteiger partial charge in [-0.15, -0.1) is 0 Å². The van der Waals surface area contributed by atoms with Crippen LogP contribution in [0.4, 0.5) is 0 Å². The number of rotatable bonds is 0. The average Bonchev–Trinajstić information content (AvgIpc) is 2.18. The predicted molar refractivity (Wildman–Crippen MR) is 47.9 cm³/mol. The third kappa shape index (κ3) is 1.23. The smallest absolute Gasteiger partial charge is 0.189 e. The van der Waals surface area contributed by atoms with Crippen molar-refractivity contribution in [3.8, 4) is 6.07 Å². The molecule has 1 aliphatic heterocycles. The number of hydrogen-bond donors (Lipinski definition) is 0. The molecule has 13 heavy (non-hydrogen) atoms. The van der Waals surface area contributed by atoms with E-state index in [-0.39, 0.29) is 11.7 Å². The summed E-state index contributed by atoms with van der Waals surface area (Å²) >= 11 is 0. The van der Waals surface area contributed by atoms with Crippen molar-refractivity contribution in [3.63, 3.8) is 0 Å². The standard InChI is InChI=1S/C10H6N2O/c11-6-7-1-2-9-8(5-7)10(13)3-4-12-9/h1-5,7H/t7-/m0/s1. The number of ketones is 1. The molecule has 0 aromatic heterocycles. The summed E-state index contributed by atoms with van der Waals surface area (Å²) in [4.78, 5) is 15.3. The first kappa shape index (κ1) is 7.69. The van der Waals surface area contributed by atoms with Gasteiger partial charge in [0.1, 0.15) is 0 Å². The molecule has 0 saturated carbocycles. The summed E-state index contributed by atoms with van der Waals surface area (Å²) in [6.45, 7) is 0. The number of aliphatic imine (C=N–C) groups is 1. The second-order valence-corrected chi connectivity index (χ2v) is 2.79. The lowest BCUT2D eigenvalue weighted by Crippen LogP contribution is -2.16. The molecule has 0 amide bonds. The van der Waals surface area contributed by atoms with Gasteiger partial charge in [-0.2, -0.15) is 5.26 Å². The molecular weight excluding hydrogens is 164 g/mol. The monoisotopic (exact) mass is 170 g/mol. The Morgan fingerprint density at radius 2 is 2.31 bits per heavy atom. The molecule has 62 valence electrons. The van der Waals surface area contributed by atoms with E-state index < -0.39 is 0 Å². The second kappa shape index (κ2) is 2.83. The molecule has 0 radical (unpaired) electrons. The molecule has 2 aliphatic rings. The van der Waals surface area contributed by atoms with E-state index in [0.29, 0.717) is 11.3 Å². The van der Waals surface area contributed by atoms with Gasteiger partial charge < -0.3 is 0 Å². The van der Waals surface area contributed by atoms with Gasteiger partial charge in [0.2, 0.25) is 0 Å². The Bertz CT molecular complexity index is 419. The van der Waals surface area contributed by atoms with E-state index >= 15 is 0 Å². The summed E-state index contributed by atoms with van der Waals surface area (Å²) in [5.74, 6) is -0.376. The minimum absolute atomic E-state index is 0.0744. The van der Waals surface area contributed by atoms with E-state index in [2.05, 4.69) is 11.1 Å². The minimum Gasteiger partial charge on any atom is -0.289 e. The van der Waals surface area contributed by atoms with Crippen LogP contribution in [-0.4, -0.2) is 11.5 Å². The molecule has 2 rings (SSSR count). The number of allylic oxidation sites excluding steroid dienone is 5. The number of nitriles is 1. The van der Waals surface area contributed by atoms with E-state index in [1.807, 2.05) is 0 Å². The van der Waals surface area contributed by atoms with Gasteiger partial charge in [0.25, 0.3) is 0 Å². The fraction of sp³-hybridized carbons (Fsp3) is 0.100. The number of carbonyl (C=O) groups excluding carboxylic acids is 1. The summed E-state index contributed by atoms with van der Waals surface area (Å²) in [6, 6.07) is 2.06. The highest BCUT2D eigenvalue weighted by molar-refractivity contribution is 6.31. The first-order valence-corrected chi connectivity index (χ1v) is 3.90. The zero-order valence-corrected chi connectivity index (χ0v) is 6.77. The van der Waals surface area contributed by atoms with E-state index in [4.69, 9.17) is 5.26 Å². The van der Waals surface area contributed by atoms with Crippen LogP contribution in [0.1, 0.15) is 0 Å². The second-order valence-electron chi connectivity index (χ2n) is 2.79. The van der Waals surface area contributed by atoms with Crippen molar-refractivity contribution in [2.24, 2.45) is 10.9 Å². The third-order valence-corrected chi connectivity index (χ3v) is 1.94. The molecule has 3 nitrogen and oxygen atoms in total. The van der Waals surface area contributed by atoms with Crippen LogP contribution >= 0.6 is 0 Å². The summed E-state index contributed by atoms with van der Waals surface area (Å²) in [7, 11) is 0. The summed E-state index contributed by atoms with van der Waals surface area (Å²) in [5.41, 5.74) is 1.19. The number of fused-ring (bicyclic) bond motifs is 1. The Kier molecular flexibility index (Phi) is 1.67. The third-order valence-electron chi connectivity index (χ3n) is 1.94. The highest BCUT2D eigenvalue weighted by Crippen LogP contribution is 2.18. The van der Waals surface area contributed by atoms with Crippen LogP contribution in [0.15, 0.2) is 41.1 Å². The number of hydrogen-bond acceptors (Lipinski definition) is 3. The van der Waals surface area contributed by atoms with E-state index in [9.17, 15) is 4.79 Å². The quantitative estimate of drug-likeness (QED) is 0.547. The maximum absolute atomic E-state index is 11.3. The molecule has 0 N–H and O–H groups in total. The Morgan fingerprint density at radius 1 is 1.46 bits per heavy atom. The maximum Gasteiger partial charge on any atom is 0.189 e.